The van der Waals surface area contributed by atoms with Crippen LogP contribution < -0.4 is 5.73 Å². The van der Waals surface area contributed by atoms with E-state index in [9.17, 15) is 9.18 Å². The van der Waals surface area contributed by atoms with E-state index in [-0.39, 0.29) is 18.3 Å². The van der Waals surface area contributed by atoms with Gasteiger partial charge in [0.25, 0.3) is 0 Å². The predicted octanol–water partition coefficient (Wildman–Crippen LogP) is 3.34. The van der Waals surface area contributed by atoms with Crippen molar-refractivity contribution >= 4 is 11.6 Å². The van der Waals surface area contributed by atoms with E-state index in [1.807, 2.05) is 0 Å². The summed E-state index contributed by atoms with van der Waals surface area (Å²) in [4.78, 5) is 13.9. The second-order valence-corrected chi connectivity index (χ2v) is 5.60. The van der Waals surface area contributed by atoms with Crippen LogP contribution in [0.5, 0.6) is 0 Å². The summed E-state index contributed by atoms with van der Waals surface area (Å²) in [6.07, 6.45) is 4.85. The van der Waals surface area contributed by atoms with Crippen molar-refractivity contribution in [1.82, 2.24) is 4.90 Å². The molecule has 110 valence electrons. The second-order valence-electron chi connectivity index (χ2n) is 5.60. The van der Waals surface area contributed by atoms with Gasteiger partial charge in [0.2, 0.25) is 5.91 Å². The van der Waals surface area contributed by atoms with Crippen molar-refractivity contribution in [3.63, 3.8) is 0 Å². The number of carbonyl (C=O) groups excluding carboxylic acids is 1. The Labute approximate surface area is 120 Å². The molecular weight excluding hydrogens is 255 g/mol. The molecule has 0 aliphatic carbocycles. The smallest absolute Gasteiger partial charge is 0.222 e. The third-order valence-corrected chi connectivity index (χ3v) is 4.13. The molecule has 1 saturated heterocycles. The van der Waals surface area contributed by atoms with Crippen molar-refractivity contribution in [1.29, 1.82) is 0 Å². The van der Waals surface area contributed by atoms with E-state index in [4.69, 9.17) is 5.73 Å². The molecule has 0 spiro atoms. The summed E-state index contributed by atoms with van der Waals surface area (Å²) < 4.78 is 13.8. The van der Waals surface area contributed by atoms with Gasteiger partial charge in [-0.2, -0.15) is 0 Å². The van der Waals surface area contributed by atoms with Gasteiger partial charge in [-0.1, -0.05) is 25.8 Å². The fourth-order valence-corrected chi connectivity index (χ4v) is 2.89. The maximum absolute atomic E-state index is 13.8. The van der Waals surface area contributed by atoms with Crippen LogP contribution in [0.1, 0.15) is 44.6 Å². The minimum absolute atomic E-state index is 0.117. The number of amides is 1. The van der Waals surface area contributed by atoms with Crippen LogP contribution in [0.2, 0.25) is 0 Å². The lowest BCUT2D eigenvalue weighted by Gasteiger charge is -2.22. The zero-order valence-corrected chi connectivity index (χ0v) is 12.1. The fraction of sp³-hybridized carbons (Fsp3) is 0.562. The summed E-state index contributed by atoms with van der Waals surface area (Å²) in [6.45, 7) is 3.16. The van der Waals surface area contributed by atoms with Gasteiger partial charge < -0.3 is 10.6 Å². The monoisotopic (exact) mass is 278 g/mol. The van der Waals surface area contributed by atoms with E-state index in [1.165, 1.54) is 12.5 Å². The van der Waals surface area contributed by atoms with E-state index in [2.05, 4.69) is 6.92 Å². The first-order valence-corrected chi connectivity index (χ1v) is 7.42. The van der Waals surface area contributed by atoms with Crippen LogP contribution >= 0.6 is 0 Å². The number of nitrogen functional groups attached to an aromatic ring is 1. The van der Waals surface area contributed by atoms with Crippen molar-refractivity contribution in [3.05, 3.63) is 29.6 Å². The summed E-state index contributed by atoms with van der Waals surface area (Å²) in [5.41, 5.74) is 6.68. The van der Waals surface area contributed by atoms with E-state index < -0.39 is 0 Å². The number of rotatable bonds is 4. The number of halogens is 1. The summed E-state index contributed by atoms with van der Waals surface area (Å²) in [6, 6.07) is 4.67. The molecule has 2 rings (SSSR count). The third kappa shape index (κ3) is 3.50. The first kappa shape index (κ1) is 14.8. The molecule has 4 heteroatoms. The molecule has 0 radical (unpaired) electrons. The van der Waals surface area contributed by atoms with Crippen LogP contribution in [0.25, 0.3) is 0 Å². The van der Waals surface area contributed by atoms with E-state index in [1.54, 1.807) is 17.0 Å². The zero-order valence-electron chi connectivity index (χ0n) is 12.1. The van der Waals surface area contributed by atoms with Gasteiger partial charge in [0.1, 0.15) is 5.82 Å². The molecule has 0 saturated carbocycles. The number of nitrogens with two attached hydrogens (primary N) is 1. The molecule has 1 amide bonds. The molecule has 0 bridgehead atoms. The molecular formula is C16H23FN2O. The highest BCUT2D eigenvalue weighted by molar-refractivity contribution is 5.76. The Hall–Kier alpha value is -1.58. The topological polar surface area (TPSA) is 46.3 Å². The Kier molecular flexibility index (Phi) is 4.99. The Bertz CT molecular complexity index is 455. The third-order valence-electron chi connectivity index (χ3n) is 4.13. The number of anilines is 1. The molecule has 2 N–H and O–H groups in total. The van der Waals surface area contributed by atoms with Crippen molar-refractivity contribution in [3.8, 4) is 0 Å². The highest BCUT2D eigenvalue weighted by Crippen LogP contribution is 2.25. The largest absolute Gasteiger partial charge is 0.398 e. The van der Waals surface area contributed by atoms with Gasteiger partial charge in [-0.25, -0.2) is 4.39 Å². The standard InChI is InChI=1S/C16H23FN2O/c1-2-4-12-7-8-16(20)19(10-9-12)11-13-14(17)5-3-6-15(13)18/h3,5-6,12H,2,4,7-11,18H2,1H3. The molecule has 1 heterocycles. The van der Waals surface area contributed by atoms with Crippen LogP contribution in [-0.2, 0) is 11.3 Å². The number of benzene rings is 1. The molecule has 1 unspecified atom stereocenters. The average molecular weight is 278 g/mol. The van der Waals surface area contributed by atoms with Crippen molar-refractivity contribution in [2.75, 3.05) is 12.3 Å². The highest BCUT2D eigenvalue weighted by atomic mass is 19.1. The Morgan fingerprint density at radius 1 is 1.40 bits per heavy atom. The maximum atomic E-state index is 13.8. The Morgan fingerprint density at radius 3 is 2.90 bits per heavy atom. The molecule has 1 aliphatic heterocycles. The van der Waals surface area contributed by atoms with Gasteiger partial charge in [-0.05, 0) is 30.9 Å². The van der Waals surface area contributed by atoms with Gasteiger partial charge in [-0.3, -0.25) is 4.79 Å². The zero-order chi connectivity index (χ0) is 14.5. The Balaban J connectivity index is 2.07. The number of nitrogens with zero attached hydrogens (tertiary/aromatic N) is 1. The summed E-state index contributed by atoms with van der Waals surface area (Å²) in [5.74, 6) is 0.408. The lowest BCUT2D eigenvalue weighted by Crippen LogP contribution is -2.30. The quantitative estimate of drug-likeness (QED) is 0.859. The molecule has 1 aromatic rings. The summed E-state index contributed by atoms with van der Waals surface area (Å²) in [7, 11) is 0. The SMILES string of the molecule is CCCC1CCC(=O)N(Cc2c(N)cccc2F)CC1. The number of carbonyl (C=O) groups is 1. The van der Waals surface area contributed by atoms with Crippen LogP contribution in [-0.4, -0.2) is 17.4 Å². The summed E-state index contributed by atoms with van der Waals surface area (Å²) in [5, 5.41) is 0. The molecule has 1 atom stereocenters. The minimum Gasteiger partial charge on any atom is -0.398 e. The molecule has 3 nitrogen and oxygen atoms in total. The lowest BCUT2D eigenvalue weighted by molar-refractivity contribution is -0.131. The molecule has 1 aliphatic rings. The number of hydrogen-bond donors (Lipinski definition) is 1. The van der Waals surface area contributed by atoms with Gasteiger partial charge in [-0.15, -0.1) is 0 Å². The molecule has 0 aromatic heterocycles. The van der Waals surface area contributed by atoms with E-state index in [0.29, 0.717) is 30.1 Å². The maximum Gasteiger partial charge on any atom is 0.222 e. The predicted molar refractivity (Wildman–Crippen MR) is 78.5 cm³/mol. The van der Waals surface area contributed by atoms with E-state index >= 15 is 0 Å². The Morgan fingerprint density at radius 2 is 2.20 bits per heavy atom. The fourth-order valence-electron chi connectivity index (χ4n) is 2.89. The average Bonchev–Trinajstić information content (AvgIpc) is 2.58. The number of likely N-dealkylation sites (tertiary alicyclic amines) is 1. The molecule has 20 heavy (non-hydrogen) atoms. The first-order chi connectivity index (χ1) is 9.61. The molecule has 1 fully saturated rings. The van der Waals surface area contributed by atoms with Crippen LogP contribution in [0.3, 0.4) is 0 Å². The van der Waals surface area contributed by atoms with Crippen LogP contribution in [0, 0.1) is 11.7 Å². The first-order valence-electron chi connectivity index (χ1n) is 7.42. The van der Waals surface area contributed by atoms with Crippen LogP contribution in [0.4, 0.5) is 10.1 Å². The van der Waals surface area contributed by atoms with Crippen molar-refractivity contribution < 1.29 is 9.18 Å². The van der Waals surface area contributed by atoms with Gasteiger partial charge in [0.15, 0.2) is 0 Å². The van der Waals surface area contributed by atoms with Gasteiger partial charge in [0.05, 0.1) is 6.54 Å². The van der Waals surface area contributed by atoms with E-state index in [0.717, 1.165) is 19.3 Å². The normalized spacial score (nSPS) is 20.0. The molecule has 1 aromatic carbocycles. The van der Waals surface area contributed by atoms with Crippen molar-refractivity contribution in [2.24, 2.45) is 5.92 Å². The van der Waals surface area contributed by atoms with Gasteiger partial charge in [0, 0.05) is 24.2 Å². The van der Waals surface area contributed by atoms with Crippen molar-refractivity contribution in [2.45, 2.75) is 45.6 Å². The van der Waals surface area contributed by atoms with Gasteiger partial charge >= 0.3 is 0 Å². The summed E-state index contributed by atoms with van der Waals surface area (Å²) >= 11 is 0. The minimum atomic E-state index is -0.327. The second kappa shape index (κ2) is 6.73. The van der Waals surface area contributed by atoms with Crippen LogP contribution in [0.15, 0.2) is 18.2 Å². The lowest BCUT2D eigenvalue weighted by atomic mass is 9.96. The number of hydrogen-bond acceptors (Lipinski definition) is 2. The highest BCUT2D eigenvalue weighted by Gasteiger charge is 2.23.